The van der Waals surface area contributed by atoms with Crippen LogP contribution in [0, 0.1) is 0 Å². The Kier molecular flexibility index (Phi) is 12.1. The van der Waals surface area contributed by atoms with Gasteiger partial charge in [-0.1, -0.05) is 59.2 Å². The molecule has 1 rings (SSSR count). The minimum absolute atomic E-state index is 0.530. The monoisotopic (exact) mass is 447 g/mol. The summed E-state index contributed by atoms with van der Waals surface area (Å²) in [7, 11) is 1.25. The summed E-state index contributed by atoms with van der Waals surface area (Å²) in [5.41, 5.74) is 3.93. The van der Waals surface area contributed by atoms with Crippen molar-refractivity contribution >= 4 is 40.4 Å². The van der Waals surface area contributed by atoms with Gasteiger partial charge in [-0.05, 0) is 29.4 Å². The first-order valence-corrected chi connectivity index (χ1v) is 11.8. The summed E-state index contributed by atoms with van der Waals surface area (Å²) < 4.78 is 0. The normalized spacial score (nSPS) is 11.2. The Morgan fingerprint density at radius 1 is 1.10 bits per heavy atom. The van der Waals surface area contributed by atoms with E-state index < -0.39 is 0 Å². The fourth-order valence-corrected chi connectivity index (χ4v) is 1.95. The van der Waals surface area contributed by atoms with Gasteiger partial charge in [-0.3, -0.25) is 4.99 Å². The Morgan fingerprint density at radius 2 is 1.55 bits per heavy atom. The first-order valence-electron chi connectivity index (χ1n) is 6.97. The molecule has 20 heavy (non-hydrogen) atoms. The molecular formula is C16H25Br2NNi. The zero-order valence-electron chi connectivity index (χ0n) is 12.9. The standard InChI is InChI=1S/C16H25N.2BrH.Ni/c1-6-7-11-17-16-14(12(2)3)9-8-10-15(16)13(4)5;;;/h8-13H,6-7H2,1-5H3;2*1H;/q;;;+2/p-2. The van der Waals surface area contributed by atoms with E-state index in [2.05, 4.69) is 87.5 Å². The van der Waals surface area contributed by atoms with E-state index >= 15 is 0 Å². The van der Waals surface area contributed by atoms with Crippen LogP contribution in [0.4, 0.5) is 5.69 Å². The van der Waals surface area contributed by atoms with Gasteiger partial charge in [0.15, 0.2) is 0 Å². The van der Waals surface area contributed by atoms with E-state index in [0.717, 1.165) is 12.8 Å². The molecule has 0 aliphatic carbocycles. The van der Waals surface area contributed by atoms with Gasteiger partial charge in [0.2, 0.25) is 0 Å². The van der Waals surface area contributed by atoms with Crippen molar-refractivity contribution in [3.63, 3.8) is 0 Å². The van der Waals surface area contributed by atoms with Gasteiger partial charge in [-0.2, -0.15) is 0 Å². The molecule has 0 bridgehead atoms. The van der Waals surface area contributed by atoms with Crippen LogP contribution in [0.1, 0.15) is 70.4 Å². The Balaban J connectivity index is 0.00000110. The summed E-state index contributed by atoms with van der Waals surface area (Å²) >= 11 is 6.00. The van der Waals surface area contributed by atoms with Gasteiger partial charge >= 0.3 is 39.3 Å². The Bertz CT molecular complexity index is 377. The van der Waals surface area contributed by atoms with Gasteiger partial charge in [0, 0.05) is 6.21 Å². The molecule has 0 unspecified atom stereocenters. The fraction of sp³-hybridized carbons (Fsp3) is 0.562. The zero-order chi connectivity index (χ0) is 15.5. The van der Waals surface area contributed by atoms with E-state index in [9.17, 15) is 0 Å². The molecule has 0 saturated carbocycles. The Labute approximate surface area is 144 Å². The second-order valence-corrected chi connectivity index (χ2v) is 10.2. The van der Waals surface area contributed by atoms with Crippen molar-refractivity contribution in [2.75, 3.05) is 0 Å². The van der Waals surface area contributed by atoms with Gasteiger partial charge in [0.1, 0.15) is 0 Å². The van der Waals surface area contributed by atoms with Gasteiger partial charge < -0.3 is 0 Å². The van der Waals surface area contributed by atoms with Crippen LogP contribution in [0.5, 0.6) is 0 Å². The van der Waals surface area contributed by atoms with Crippen molar-refractivity contribution in [1.29, 1.82) is 0 Å². The van der Waals surface area contributed by atoms with Crippen molar-refractivity contribution in [1.82, 2.24) is 0 Å². The molecule has 118 valence electrons. The molecule has 0 radical (unpaired) electrons. The summed E-state index contributed by atoms with van der Waals surface area (Å²) in [6, 6.07) is 6.56. The van der Waals surface area contributed by atoms with Crippen LogP contribution in [-0.4, -0.2) is 6.21 Å². The number of hydrogen-bond acceptors (Lipinski definition) is 1. The number of unbranched alkanes of at least 4 members (excludes halogenated alkanes) is 1. The van der Waals surface area contributed by atoms with Crippen LogP contribution in [-0.2, 0) is 10.9 Å². The van der Waals surface area contributed by atoms with E-state index in [0.29, 0.717) is 11.8 Å². The van der Waals surface area contributed by atoms with Crippen molar-refractivity contribution < 1.29 is 10.9 Å². The predicted octanol–water partition coefficient (Wildman–Crippen LogP) is 7.12. The maximum absolute atomic E-state index is 4.71. The number of aliphatic imine (C=N–C) groups is 1. The Hall–Kier alpha value is 0.344. The molecule has 0 atom stereocenters. The fourth-order valence-electron chi connectivity index (χ4n) is 1.95. The molecule has 0 amide bonds. The van der Waals surface area contributed by atoms with E-state index in [1.807, 2.05) is 0 Å². The second kappa shape index (κ2) is 11.9. The van der Waals surface area contributed by atoms with Gasteiger partial charge in [0.05, 0.1) is 5.69 Å². The number of para-hydroxylation sites is 1. The molecule has 0 aromatic heterocycles. The molecule has 1 aromatic rings. The topological polar surface area (TPSA) is 12.4 Å². The summed E-state index contributed by atoms with van der Waals surface area (Å²) in [5.74, 6) is 1.06. The molecular weight excluding hydrogens is 425 g/mol. The SMILES string of the molecule is CCCC=Nc1c(C(C)C)cccc1C(C)C.[Br][Ni][Br]. The molecule has 0 saturated heterocycles. The average Bonchev–Trinajstić information content (AvgIpc) is 2.39. The van der Waals surface area contributed by atoms with Crippen LogP contribution < -0.4 is 0 Å². The number of benzene rings is 1. The molecule has 0 fully saturated rings. The maximum atomic E-state index is 4.71. The zero-order valence-corrected chi connectivity index (χ0v) is 17.1. The molecule has 0 heterocycles. The summed E-state index contributed by atoms with van der Waals surface area (Å²) in [6.07, 6.45) is 4.28. The predicted molar refractivity (Wildman–Crippen MR) is 95.5 cm³/mol. The van der Waals surface area contributed by atoms with E-state index in [1.54, 1.807) is 0 Å². The number of nitrogens with zero attached hydrogens (tertiary/aromatic N) is 1. The summed E-state index contributed by atoms with van der Waals surface area (Å²) in [4.78, 5) is 4.71. The van der Waals surface area contributed by atoms with E-state index in [1.165, 1.54) is 27.7 Å². The van der Waals surface area contributed by atoms with Gasteiger partial charge in [-0.15, -0.1) is 0 Å². The first kappa shape index (κ1) is 20.3. The molecule has 0 spiro atoms. The third-order valence-electron chi connectivity index (χ3n) is 2.98. The van der Waals surface area contributed by atoms with Crippen molar-refractivity contribution in [2.45, 2.75) is 59.3 Å². The van der Waals surface area contributed by atoms with Crippen LogP contribution in [0.25, 0.3) is 0 Å². The quantitative estimate of drug-likeness (QED) is 0.335. The van der Waals surface area contributed by atoms with Crippen LogP contribution >= 0.6 is 28.5 Å². The third-order valence-corrected chi connectivity index (χ3v) is 2.98. The van der Waals surface area contributed by atoms with Crippen LogP contribution in [0.3, 0.4) is 0 Å². The molecule has 1 nitrogen and oxygen atoms in total. The molecule has 0 aliphatic heterocycles. The number of hydrogen-bond donors (Lipinski definition) is 0. The van der Waals surface area contributed by atoms with Crippen molar-refractivity contribution in [2.24, 2.45) is 4.99 Å². The summed E-state index contributed by atoms with van der Waals surface area (Å²) in [6.45, 7) is 11.1. The van der Waals surface area contributed by atoms with Gasteiger partial charge in [0.25, 0.3) is 0 Å². The minimum atomic E-state index is 0.530. The van der Waals surface area contributed by atoms with Crippen LogP contribution in [0.15, 0.2) is 23.2 Å². The third kappa shape index (κ3) is 7.38. The molecule has 0 N–H and O–H groups in total. The number of rotatable bonds is 5. The van der Waals surface area contributed by atoms with E-state index in [4.69, 9.17) is 4.99 Å². The van der Waals surface area contributed by atoms with Crippen LogP contribution in [0.2, 0.25) is 0 Å². The van der Waals surface area contributed by atoms with Crippen molar-refractivity contribution in [3.8, 4) is 0 Å². The number of halogens is 2. The second-order valence-electron chi connectivity index (χ2n) is 5.24. The molecule has 1 aromatic carbocycles. The first-order chi connectivity index (χ1) is 9.49. The van der Waals surface area contributed by atoms with Gasteiger partial charge in [-0.25, -0.2) is 0 Å². The molecule has 4 heteroatoms. The Morgan fingerprint density at radius 3 is 1.90 bits per heavy atom. The summed E-state index contributed by atoms with van der Waals surface area (Å²) in [5, 5.41) is 0. The van der Waals surface area contributed by atoms with Crippen molar-refractivity contribution in [3.05, 3.63) is 29.3 Å². The molecule has 0 aliphatic rings. The van der Waals surface area contributed by atoms with E-state index in [-0.39, 0.29) is 0 Å². The average molecular weight is 450 g/mol.